The van der Waals surface area contributed by atoms with E-state index in [2.05, 4.69) is 10.6 Å². The van der Waals surface area contributed by atoms with Gasteiger partial charge in [-0.15, -0.1) is 0 Å². The van der Waals surface area contributed by atoms with E-state index in [4.69, 9.17) is 4.74 Å². The van der Waals surface area contributed by atoms with Crippen molar-refractivity contribution in [1.29, 1.82) is 0 Å². The predicted octanol–water partition coefficient (Wildman–Crippen LogP) is 2.17. The molecule has 25 heavy (non-hydrogen) atoms. The van der Waals surface area contributed by atoms with Crippen LogP contribution in [-0.4, -0.2) is 35.5 Å². The minimum atomic E-state index is -0.863. The first-order valence-corrected chi connectivity index (χ1v) is 8.65. The summed E-state index contributed by atoms with van der Waals surface area (Å²) in [5.74, 6) is -1.51. The van der Waals surface area contributed by atoms with Crippen LogP contribution in [0.2, 0.25) is 0 Å². The number of carbonyl (C=O) groups is 3. The Morgan fingerprint density at radius 3 is 2.68 bits per heavy atom. The summed E-state index contributed by atoms with van der Waals surface area (Å²) in [5, 5.41) is 15.0. The third-order valence-electron chi connectivity index (χ3n) is 4.77. The van der Waals surface area contributed by atoms with Gasteiger partial charge in [0.1, 0.15) is 5.75 Å². The molecule has 3 rings (SSSR count). The minimum Gasteiger partial charge on any atom is -0.482 e. The van der Waals surface area contributed by atoms with Gasteiger partial charge in [-0.25, -0.2) is 0 Å². The van der Waals surface area contributed by atoms with Crippen LogP contribution in [0.3, 0.4) is 0 Å². The Bertz CT molecular complexity index is 688. The summed E-state index contributed by atoms with van der Waals surface area (Å²) in [4.78, 5) is 35.6. The topological polar surface area (TPSA) is 105 Å². The number of hydrogen-bond donors (Lipinski definition) is 3. The highest BCUT2D eigenvalue weighted by Crippen LogP contribution is 2.29. The van der Waals surface area contributed by atoms with Gasteiger partial charge in [-0.2, -0.15) is 0 Å². The van der Waals surface area contributed by atoms with Crippen LogP contribution < -0.4 is 15.4 Å². The van der Waals surface area contributed by atoms with Crippen LogP contribution in [0.5, 0.6) is 5.75 Å². The van der Waals surface area contributed by atoms with Gasteiger partial charge in [0.2, 0.25) is 0 Å². The molecule has 7 heteroatoms. The van der Waals surface area contributed by atoms with Crippen LogP contribution >= 0.6 is 0 Å². The van der Waals surface area contributed by atoms with Gasteiger partial charge in [0, 0.05) is 11.6 Å². The molecule has 1 saturated carbocycles. The van der Waals surface area contributed by atoms with Crippen LogP contribution in [0, 0.1) is 5.92 Å². The lowest BCUT2D eigenvalue weighted by Crippen LogP contribution is -2.44. The smallest absolute Gasteiger partial charge is 0.308 e. The quantitative estimate of drug-likeness (QED) is 0.778. The van der Waals surface area contributed by atoms with Gasteiger partial charge in [-0.05, 0) is 31.0 Å². The van der Waals surface area contributed by atoms with Crippen molar-refractivity contribution < 1.29 is 24.2 Å². The summed E-state index contributed by atoms with van der Waals surface area (Å²) in [7, 11) is 0. The maximum Gasteiger partial charge on any atom is 0.308 e. The third kappa shape index (κ3) is 4.10. The highest BCUT2D eigenvalue weighted by atomic mass is 16.5. The molecular formula is C18H22N2O5. The molecule has 1 aliphatic carbocycles. The largest absolute Gasteiger partial charge is 0.482 e. The molecular weight excluding hydrogens is 324 g/mol. The molecule has 2 atom stereocenters. The first-order chi connectivity index (χ1) is 12.0. The van der Waals surface area contributed by atoms with E-state index in [-0.39, 0.29) is 24.5 Å². The molecule has 1 aliphatic heterocycles. The van der Waals surface area contributed by atoms with Crippen molar-refractivity contribution in [2.75, 3.05) is 11.9 Å². The molecule has 0 bridgehead atoms. The number of fused-ring (bicyclic) bond motifs is 1. The molecule has 1 fully saturated rings. The van der Waals surface area contributed by atoms with Crippen molar-refractivity contribution in [3.05, 3.63) is 23.8 Å². The van der Waals surface area contributed by atoms with Crippen LogP contribution in [-0.2, 0) is 9.59 Å². The second kappa shape index (κ2) is 7.55. The first kappa shape index (κ1) is 17.3. The number of anilines is 1. The number of nitrogens with one attached hydrogen (secondary N) is 2. The second-order valence-corrected chi connectivity index (χ2v) is 6.56. The van der Waals surface area contributed by atoms with E-state index in [1.807, 2.05) is 0 Å². The van der Waals surface area contributed by atoms with E-state index in [0.717, 1.165) is 25.7 Å². The minimum absolute atomic E-state index is 0.0408. The molecule has 0 aromatic heterocycles. The number of carbonyl (C=O) groups excluding carboxylic acids is 2. The lowest BCUT2D eigenvalue weighted by molar-refractivity contribution is -0.143. The van der Waals surface area contributed by atoms with Crippen LogP contribution in [0.1, 0.15) is 48.9 Å². The Labute approximate surface area is 145 Å². The van der Waals surface area contributed by atoms with E-state index in [9.17, 15) is 19.5 Å². The van der Waals surface area contributed by atoms with Gasteiger partial charge in [-0.1, -0.05) is 25.7 Å². The third-order valence-corrected chi connectivity index (χ3v) is 4.77. The van der Waals surface area contributed by atoms with Crippen molar-refractivity contribution >= 4 is 23.5 Å². The fourth-order valence-electron chi connectivity index (χ4n) is 3.43. The monoisotopic (exact) mass is 346 g/mol. The zero-order valence-electron chi connectivity index (χ0n) is 13.9. The van der Waals surface area contributed by atoms with Gasteiger partial charge in [0.15, 0.2) is 6.61 Å². The second-order valence-electron chi connectivity index (χ2n) is 6.56. The van der Waals surface area contributed by atoms with Crippen molar-refractivity contribution in [2.45, 2.75) is 44.6 Å². The highest BCUT2D eigenvalue weighted by Gasteiger charge is 2.30. The molecule has 2 unspecified atom stereocenters. The van der Waals surface area contributed by atoms with Crippen molar-refractivity contribution in [2.24, 2.45) is 5.92 Å². The molecule has 0 spiro atoms. The lowest BCUT2D eigenvalue weighted by atomic mass is 9.86. The Morgan fingerprint density at radius 2 is 1.92 bits per heavy atom. The fraction of sp³-hybridized carbons (Fsp3) is 0.500. The van der Waals surface area contributed by atoms with Crippen LogP contribution in [0.15, 0.2) is 18.2 Å². The van der Waals surface area contributed by atoms with E-state index < -0.39 is 11.9 Å². The van der Waals surface area contributed by atoms with E-state index >= 15 is 0 Å². The van der Waals surface area contributed by atoms with Gasteiger partial charge in [0.05, 0.1) is 11.6 Å². The number of hydrogen-bond acceptors (Lipinski definition) is 4. The molecule has 2 amide bonds. The first-order valence-electron chi connectivity index (χ1n) is 8.65. The van der Waals surface area contributed by atoms with Gasteiger partial charge in [0.25, 0.3) is 11.8 Å². The standard InChI is InChI=1S/C18H22N2O5/c21-16-10-25-15-8-7-11(9-14(15)19-16)17(22)20-13-6-4-2-1-3-5-12(13)18(23)24/h7-9,12-13H,1-6,10H2,(H,19,21)(H,20,22)(H,23,24). The molecule has 134 valence electrons. The van der Waals surface area contributed by atoms with Crippen molar-refractivity contribution in [1.82, 2.24) is 5.32 Å². The average Bonchev–Trinajstić information content (AvgIpc) is 2.56. The lowest BCUT2D eigenvalue weighted by Gasteiger charge is -2.27. The summed E-state index contributed by atoms with van der Waals surface area (Å²) < 4.78 is 5.28. The van der Waals surface area contributed by atoms with Crippen LogP contribution in [0.25, 0.3) is 0 Å². The van der Waals surface area contributed by atoms with Crippen LogP contribution in [0.4, 0.5) is 5.69 Å². The summed E-state index contributed by atoms with van der Waals surface area (Å²) in [5.41, 5.74) is 0.826. The number of rotatable bonds is 3. The zero-order chi connectivity index (χ0) is 17.8. The molecule has 0 radical (unpaired) electrons. The van der Waals surface area contributed by atoms with Gasteiger partial charge >= 0.3 is 5.97 Å². The maximum atomic E-state index is 12.6. The number of carboxylic acid groups (broad SMARTS) is 1. The highest BCUT2D eigenvalue weighted by molar-refractivity contribution is 6.00. The van der Waals surface area contributed by atoms with Crippen molar-refractivity contribution in [3.63, 3.8) is 0 Å². The summed E-state index contributed by atoms with van der Waals surface area (Å²) >= 11 is 0. The van der Waals surface area contributed by atoms with Gasteiger partial charge < -0.3 is 20.5 Å². The molecule has 7 nitrogen and oxygen atoms in total. The van der Waals surface area contributed by atoms with Crippen molar-refractivity contribution in [3.8, 4) is 5.75 Å². The van der Waals surface area contributed by atoms with Gasteiger partial charge in [-0.3, -0.25) is 14.4 Å². The number of amides is 2. The SMILES string of the molecule is O=C1COc2ccc(C(=O)NC3CCCCCCC3C(=O)O)cc2N1. The Kier molecular flexibility index (Phi) is 5.21. The molecule has 1 heterocycles. The number of carboxylic acids is 1. The fourth-order valence-corrected chi connectivity index (χ4v) is 3.43. The molecule has 3 N–H and O–H groups in total. The van der Waals surface area contributed by atoms with E-state index in [1.54, 1.807) is 18.2 Å². The number of benzene rings is 1. The molecule has 1 aromatic carbocycles. The number of ether oxygens (including phenoxy) is 1. The zero-order valence-corrected chi connectivity index (χ0v) is 13.9. The molecule has 1 aromatic rings. The Balaban J connectivity index is 1.74. The van der Waals surface area contributed by atoms with E-state index in [1.165, 1.54) is 0 Å². The summed E-state index contributed by atoms with van der Waals surface area (Å²) in [6, 6.07) is 4.42. The number of aliphatic carboxylic acids is 1. The molecule has 0 saturated heterocycles. The summed E-state index contributed by atoms with van der Waals surface area (Å²) in [6.45, 7) is -0.0408. The Morgan fingerprint density at radius 1 is 1.16 bits per heavy atom. The predicted molar refractivity (Wildman–Crippen MR) is 90.6 cm³/mol. The summed E-state index contributed by atoms with van der Waals surface area (Å²) in [6.07, 6.45) is 5.10. The average molecular weight is 346 g/mol. The molecule has 2 aliphatic rings. The maximum absolute atomic E-state index is 12.6. The Hall–Kier alpha value is -2.57. The normalized spacial score (nSPS) is 23.3. The van der Waals surface area contributed by atoms with E-state index in [0.29, 0.717) is 29.8 Å².